The van der Waals surface area contributed by atoms with Crippen molar-refractivity contribution in [2.45, 2.75) is 32.2 Å². The van der Waals surface area contributed by atoms with Crippen LogP contribution in [0.4, 0.5) is 5.13 Å². The van der Waals surface area contributed by atoms with Gasteiger partial charge in [0.2, 0.25) is 5.91 Å². The first-order chi connectivity index (χ1) is 11.2. The van der Waals surface area contributed by atoms with Crippen molar-refractivity contribution < 1.29 is 9.53 Å². The molecule has 0 saturated heterocycles. The molecule has 0 spiro atoms. The molecule has 2 saturated carbocycles. The van der Waals surface area contributed by atoms with Gasteiger partial charge in [-0.25, -0.2) is 4.98 Å². The molecule has 2 aliphatic rings. The first-order valence-corrected chi connectivity index (χ1v) is 9.07. The van der Waals surface area contributed by atoms with E-state index in [-0.39, 0.29) is 17.9 Å². The number of rotatable bonds is 4. The van der Waals surface area contributed by atoms with E-state index >= 15 is 0 Å². The van der Waals surface area contributed by atoms with E-state index in [1.807, 2.05) is 25.1 Å². The Bertz CT molecular complexity index is 743. The van der Waals surface area contributed by atoms with E-state index in [1.54, 1.807) is 0 Å². The predicted octanol–water partition coefficient (Wildman–Crippen LogP) is 3.01. The fraction of sp³-hybridized carbons (Fsp3) is 0.529. The van der Waals surface area contributed by atoms with Crippen LogP contribution in [0.2, 0.25) is 0 Å². The molecule has 6 heteroatoms. The van der Waals surface area contributed by atoms with E-state index in [1.165, 1.54) is 17.8 Å². The molecule has 2 aromatic rings. The van der Waals surface area contributed by atoms with Crippen molar-refractivity contribution in [2.75, 3.05) is 11.9 Å². The minimum atomic E-state index is -0.0558. The van der Waals surface area contributed by atoms with E-state index in [9.17, 15) is 4.79 Å². The molecule has 122 valence electrons. The third kappa shape index (κ3) is 2.60. The highest BCUT2D eigenvalue weighted by Crippen LogP contribution is 2.48. The number of hydrogen-bond acceptors (Lipinski definition) is 5. The molecule has 0 aliphatic heterocycles. The molecule has 23 heavy (non-hydrogen) atoms. The van der Waals surface area contributed by atoms with E-state index in [0.29, 0.717) is 23.6 Å². The molecular weight excluding hydrogens is 310 g/mol. The minimum absolute atomic E-state index is 0.00712. The van der Waals surface area contributed by atoms with E-state index in [2.05, 4.69) is 10.3 Å². The number of aromatic nitrogens is 1. The van der Waals surface area contributed by atoms with Gasteiger partial charge in [-0.15, -0.1) is 0 Å². The first-order valence-electron chi connectivity index (χ1n) is 8.25. The second-order valence-electron chi connectivity index (χ2n) is 6.51. The molecule has 4 atom stereocenters. The summed E-state index contributed by atoms with van der Waals surface area (Å²) in [5, 5.41) is 3.63. The Morgan fingerprint density at radius 3 is 3.00 bits per heavy atom. The fourth-order valence-corrected chi connectivity index (χ4v) is 5.03. The van der Waals surface area contributed by atoms with Gasteiger partial charge in [0.25, 0.3) is 0 Å². The average Bonchev–Trinajstić information content (AvgIpc) is 3.20. The quantitative estimate of drug-likeness (QED) is 0.903. The largest absolute Gasteiger partial charge is 0.494 e. The smallest absolute Gasteiger partial charge is 0.231 e. The Kier molecular flexibility index (Phi) is 3.73. The van der Waals surface area contributed by atoms with Crippen LogP contribution >= 0.6 is 11.3 Å². The maximum Gasteiger partial charge on any atom is 0.231 e. The van der Waals surface area contributed by atoms with Crippen LogP contribution in [0.1, 0.15) is 26.2 Å². The van der Waals surface area contributed by atoms with Crippen LogP contribution < -0.4 is 15.8 Å². The maximum absolute atomic E-state index is 12.6. The number of ether oxygens (including phenoxy) is 1. The number of carbonyl (C=O) groups excluding carboxylic acids is 1. The summed E-state index contributed by atoms with van der Waals surface area (Å²) in [6.45, 7) is 2.59. The number of fused-ring (bicyclic) bond motifs is 3. The number of thiazole rings is 1. The van der Waals surface area contributed by atoms with Gasteiger partial charge in [0.1, 0.15) is 5.75 Å². The number of nitrogens with two attached hydrogens (primary N) is 1. The average molecular weight is 331 g/mol. The highest BCUT2D eigenvalue weighted by molar-refractivity contribution is 7.22. The summed E-state index contributed by atoms with van der Waals surface area (Å²) in [5.74, 6) is 1.79. The van der Waals surface area contributed by atoms with Crippen LogP contribution in [-0.4, -0.2) is 23.5 Å². The Labute approximate surface area is 139 Å². The Morgan fingerprint density at radius 2 is 2.26 bits per heavy atom. The Morgan fingerprint density at radius 1 is 1.43 bits per heavy atom. The number of benzene rings is 1. The SMILES string of the molecule is CCOc1ccc2nc(NC(=O)C3C4CCC(C4)C3N)sc2c1. The molecule has 5 nitrogen and oxygen atoms in total. The molecule has 0 radical (unpaired) electrons. The number of carbonyl (C=O) groups is 1. The van der Waals surface area contributed by atoms with Crippen molar-refractivity contribution in [2.24, 2.45) is 23.5 Å². The zero-order valence-corrected chi connectivity index (χ0v) is 13.9. The predicted molar refractivity (Wildman–Crippen MR) is 91.7 cm³/mol. The lowest BCUT2D eigenvalue weighted by Gasteiger charge is -2.26. The van der Waals surface area contributed by atoms with Crippen molar-refractivity contribution in [1.29, 1.82) is 0 Å². The van der Waals surface area contributed by atoms with Gasteiger partial charge in [-0.2, -0.15) is 0 Å². The molecule has 3 N–H and O–H groups in total. The standard InChI is InChI=1S/C17H21N3O2S/c1-2-22-11-5-6-12-13(8-11)23-17(19-12)20-16(21)14-9-3-4-10(7-9)15(14)18/h5-6,8-10,14-15H,2-4,7,18H2,1H3,(H,19,20,21). The lowest BCUT2D eigenvalue weighted by Crippen LogP contribution is -2.42. The number of anilines is 1. The fourth-order valence-electron chi connectivity index (χ4n) is 4.13. The molecular formula is C17H21N3O2S. The van der Waals surface area contributed by atoms with E-state index < -0.39 is 0 Å². The third-order valence-corrected chi connectivity index (χ3v) is 6.12. The van der Waals surface area contributed by atoms with Gasteiger partial charge < -0.3 is 15.8 Å². The molecule has 2 aliphatic carbocycles. The van der Waals surface area contributed by atoms with Crippen molar-refractivity contribution in [3.8, 4) is 5.75 Å². The molecule has 1 aromatic carbocycles. The lowest BCUT2D eigenvalue weighted by molar-refractivity contribution is -0.121. The second-order valence-corrected chi connectivity index (χ2v) is 7.54. The van der Waals surface area contributed by atoms with Crippen LogP contribution in [0.5, 0.6) is 5.75 Å². The highest BCUT2D eigenvalue weighted by Gasteiger charge is 2.49. The van der Waals surface area contributed by atoms with Gasteiger partial charge in [-0.3, -0.25) is 4.79 Å². The van der Waals surface area contributed by atoms with Crippen LogP contribution in [-0.2, 0) is 4.79 Å². The third-order valence-electron chi connectivity index (χ3n) is 5.18. The molecule has 2 bridgehead atoms. The van der Waals surface area contributed by atoms with Gasteiger partial charge in [-0.05, 0) is 56.2 Å². The topological polar surface area (TPSA) is 77.2 Å². The van der Waals surface area contributed by atoms with Crippen LogP contribution in [0.25, 0.3) is 10.2 Å². The monoisotopic (exact) mass is 331 g/mol. The second kappa shape index (κ2) is 5.76. The number of nitrogens with one attached hydrogen (secondary N) is 1. The maximum atomic E-state index is 12.6. The van der Waals surface area contributed by atoms with Crippen molar-refractivity contribution in [3.63, 3.8) is 0 Å². The Balaban J connectivity index is 1.52. The molecule has 1 heterocycles. The first kappa shape index (κ1) is 14.9. The number of amides is 1. The van der Waals surface area contributed by atoms with Crippen molar-refractivity contribution >= 4 is 32.6 Å². The normalized spacial score (nSPS) is 29.1. The molecule has 4 unspecified atom stereocenters. The lowest BCUT2D eigenvalue weighted by atomic mass is 9.84. The summed E-state index contributed by atoms with van der Waals surface area (Å²) in [6.07, 6.45) is 3.42. The summed E-state index contributed by atoms with van der Waals surface area (Å²) in [6, 6.07) is 5.81. The molecule has 4 rings (SSSR count). The van der Waals surface area contributed by atoms with E-state index in [4.69, 9.17) is 10.5 Å². The van der Waals surface area contributed by atoms with Crippen LogP contribution in [0.15, 0.2) is 18.2 Å². The number of hydrogen-bond donors (Lipinski definition) is 2. The van der Waals surface area contributed by atoms with E-state index in [0.717, 1.165) is 28.8 Å². The zero-order chi connectivity index (χ0) is 16.0. The summed E-state index contributed by atoms with van der Waals surface area (Å²) < 4.78 is 6.53. The van der Waals surface area contributed by atoms with Crippen molar-refractivity contribution in [3.05, 3.63) is 18.2 Å². The summed E-state index contributed by atoms with van der Waals surface area (Å²) in [7, 11) is 0. The van der Waals surface area contributed by atoms with Crippen LogP contribution in [0.3, 0.4) is 0 Å². The van der Waals surface area contributed by atoms with Gasteiger partial charge in [0.05, 0.1) is 22.7 Å². The minimum Gasteiger partial charge on any atom is -0.494 e. The Hall–Kier alpha value is -1.66. The van der Waals surface area contributed by atoms with Crippen LogP contribution in [0, 0.1) is 17.8 Å². The zero-order valence-electron chi connectivity index (χ0n) is 13.1. The molecule has 1 aromatic heterocycles. The summed E-state index contributed by atoms with van der Waals surface area (Å²) in [4.78, 5) is 17.1. The van der Waals surface area contributed by atoms with Gasteiger partial charge in [0, 0.05) is 6.04 Å². The summed E-state index contributed by atoms with van der Waals surface area (Å²) >= 11 is 1.48. The van der Waals surface area contributed by atoms with Crippen molar-refractivity contribution in [1.82, 2.24) is 4.98 Å². The number of nitrogens with zero attached hydrogens (tertiary/aromatic N) is 1. The summed E-state index contributed by atoms with van der Waals surface area (Å²) in [5.41, 5.74) is 7.13. The molecule has 2 fully saturated rings. The molecule has 1 amide bonds. The van der Waals surface area contributed by atoms with Gasteiger partial charge in [-0.1, -0.05) is 11.3 Å². The van der Waals surface area contributed by atoms with Gasteiger partial charge in [0.15, 0.2) is 5.13 Å². The van der Waals surface area contributed by atoms with Gasteiger partial charge >= 0.3 is 0 Å². The highest BCUT2D eigenvalue weighted by atomic mass is 32.1.